The van der Waals surface area contributed by atoms with E-state index in [2.05, 4.69) is 0 Å². The zero-order chi connectivity index (χ0) is 21.2. The summed E-state index contributed by atoms with van der Waals surface area (Å²) in [5, 5.41) is -1.35. The van der Waals surface area contributed by atoms with E-state index in [4.69, 9.17) is 0 Å². The Balaban J connectivity index is 3.06. The molecule has 2 unspecified atom stereocenters. The van der Waals surface area contributed by atoms with Crippen molar-refractivity contribution in [1.82, 2.24) is 5.32 Å². The first-order chi connectivity index (χ1) is 11.0. The Kier molecular flexibility index (Phi) is 3.49. The average Bonchev–Trinajstić information content (AvgIpc) is 2.41. The highest BCUT2D eigenvalue weighted by molar-refractivity contribution is 5.36. The molecule has 26 heavy (non-hydrogen) atoms. The summed E-state index contributed by atoms with van der Waals surface area (Å²) in [5.41, 5.74) is -7.94. The number of hydrogen-bond donors (Lipinski definition) is 1. The van der Waals surface area contributed by atoms with Crippen molar-refractivity contribution >= 4 is 0 Å². The Bertz CT molecular complexity index is 628. The van der Waals surface area contributed by atoms with Crippen LogP contribution in [0.5, 0.6) is 0 Å². The summed E-state index contributed by atoms with van der Waals surface area (Å²) in [6.07, 6.45) is 0. The quantitative estimate of drug-likeness (QED) is 0.447. The summed E-state index contributed by atoms with van der Waals surface area (Å²) in [6, 6.07) is -7.04. The molecule has 1 saturated heterocycles. The molecule has 17 heteroatoms. The summed E-state index contributed by atoms with van der Waals surface area (Å²) in [5.74, 6) is -54.5. The SMILES string of the molecule is FC1(F)NC2(F)C(F)(F)C(F)(F)C(F)(F)C(F)(F)C2(F)C(F)(F)C1(F)F. The number of fused-ring (bicyclic) bond motifs is 1. The molecule has 1 aliphatic carbocycles. The highest BCUT2D eigenvalue weighted by Gasteiger charge is 3.09. The van der Waals surface area contributed by atoms with Crippen LogP contribution < -0.4 is 5.32 Å². The Labute approximate surface area is 130 Å². The standard InChI is InChI=1S/C9HF16N/c10-1-2(11,12)4(15,16)5(17,18)6(19,20)8(1,23)26-9(24,25)7(21,22)3(1,13)14/h26H. The predicted octanol–water partition coefficient (Wildman–Crippen LogP) is 4.38. The van der Waals surface area contributed by atoms with Crippen molar-refractivity contribution in [2.75, 3.05) is 0 Å². The zero-order valence-corrected chi connectivity index (χ0v) is 11.0. The Hall–Kier alpha value is -1.16. The summed E-state index contributed by atoms with van der Waals surface area (Å²) < 4.78 is 213. The lowest BCUT2D eigenvalue weighted by molar-refractivity contribution is -0.532. The van der Waals surface area contributed by atoms with Crippen molar-refractivity contribution in [3.8, 4) is 0 Å². The van der Waals surface area contributed by atoms with Gasteiger partial charge >= 0.3 is 47.3 Å². The van der Waals surface area contributed by atoms with Gasteiger partial charge in [-0.3, -0.25) is 0 Å². The minimum absolute atomic E-state index is 1.35. The summed E-state index contributed by atoms with van der Waals surface area (Å²) >= 11 is 0. The van der Waals surface area contributed by atoms with Gasteiger partial charge in [-0.2, -0.15) is 61.5 Å². The zero-order valence-electron chi connectivity index (χ0n) is 11.0. The lowest BCUT2D eigenvalue weighted by Crippen LogP contribution is -2.97. The van der Waals surface area contributed by atoms with Gasteiger partial charge in [0.2, 0.25) is 0 Å². The summed E-state index contributed by atoms with van der Waals surface area (Å²) in [6.45, 7) is 0. The van der Waals surface area contributed by atoms with E-state index in [9.17, 15) is 70.2 Å². The molecule has 1 saturated carbocycles. The van der Waals surface area contributed by atoms with Crippen LogP contribution >= 0.6 is 0 Å². The molecule has 1 aliphatic heterocycles. The second kappa shape index (κ2) is 4.29. The minimum atomic E-state index is -8.02. The molecule has 1 N–H and O–H groups in total. The number of rotatable bonds is 0. The number of hydrogen-bond acceptors (Lipinski definition) is 1. The van der Waals surface area contributed by atoms with E-state index in [1.54, 1.807) is 0 Å². The second-order valence-corrected chi connectivity index (χ2v) is 5.46. The van der Waals surface area contributed by atoms with Gasteiger partial charge in [0, 0.05) is 0 Å². The van der Waals surface area contributed by atoms with E-state index in [1.807, 2.05) is 0 Å². The molecule has 0 amide bonds. The first-order valence-corrected chi connectivity index (χ1v) is 5.77. The van der Waals surface area contributed by atoms with Gasteiger partial charge in [0.25, 0.3) is 5.79 Å². The van der Waals surface area contributed by atoms with Crippen LogP contribution in [0, 0.1) is 0 Å². The van der Waals surface area contributed by atoms with E-state index >= 15 is 0 Å². The predicted molar refractivity (Wildman–Crippen MR) is 45.4 cm³/mol. The summed E-state index contributed by atoms with van der Waals surface area (Å²) in [4.78, 5) is 0. The van der Waals surface area contributed by atoms with Crippen molar-refractivity contribution in [3.05, 3.63) is 0 Å². The topological polar surface area (TPSA) is 12.0 Å². The molecule has 0 aromatic rings. The van der Waals surface area contributed by atoms with Crippen LogP contribution in [0.4, 0.5) is 70.2 Å². The highest BCUT2D eigenvalue weighted by atomic mass is 19.4. The molecule has 1 heterocycles. The first kappa shape index (κ1) is 21.1. The third-order valence-electron chi connectivity index (χ3n) is 4.07. The maximum Gasteiger partial charge on any atom is 0.389 e. The van der Waals surface area contributed by atoms with Gasteiger partial charge in [-0.15, -0.1) is 0 Å². The lowest BCUT2D eigenvalue weighted by atomic mass is 9.63. The second-order valence-electron chi connectivity index (χ2n) is 5.46. The molecular weight excluding hydrogens is 426 g/mol. The van der Waals surface area contributed by atoms with Gasteiger partial charge in [0.1, 0.15) is 0 Å². The molecule has 0 aromatic heterocycles. The largest absolute Gasteiger partial charge is 0.389 e. The van der Waals surface area contributed by atoms with Gasteiger partial charge < -0.3 is 0 Å². The van der Waals surface area contributed by atoms with Gasteiger partial charge in [-0.25, -0.2) is 14.1 Å². The van der Waals surface area contributed by atoms with Crippen molar-refractivity contribution in [2.24, 2.45) is 0 Å². The molecular formula is C9HF16N. The molecule has 0 spiro atoms. The fourth-order valence-corrected chi connectivity index (χ4v) is 2.55. The minimum Gasteiger partial charge on any atom is -0.224 e. The van der Waals surface area contributed by atoms with E-state index in [0.29, 0.717) is 0 Å². The number of alkyl halides is 16. The van der Waals surface area contributed by atoms with Crippen molar-refractivity contribution in [1.29, 1.82) is 0 Å². The van der Waals surface area contributed by atoms with E-state index < -0.39 is 58.4 Å². The van der Waals surface area contributed by atoms with Crippen LogP contribution in [0.2, 0.25) is 0 Å². The smallest absolute Gasteiger partial charge is 0.224 e. The molecule has 2 rings (SSSR count). The van der Waals surface area contributed by atoms with Crippen molar-refractivity contribution < 1.29 is 70.2 Å². The third kappa shape index (κ3) is 1.48. The van der Waals surface area contributed by atoms with Gasteiger partial charge in [-0.05, 0) is 0 Å². The monoisotopic (exact) mass is 427 g/mol. The molecule has 0 aromatic carbocycles. The Morgan fingerprint density at radius 1 is 0.346 bits per heavy atom. The lowest BCUT2D eigenvalue weighted by Gasteiger charge is -2.61. The van der Waals surface area contributed by atoms with Crippen molar-refractivity contribution in [2.45, 2.75) is 53.0 Å². The van der Waals surface area contributed by atoms with Gasteiger partial charge in [0.15, 0.2) is 0 Å². The number of halogens is 16. The van der Waals surface area contributed by atoms with E-state index in [-0.39, 0.29) is 0 Å². The molecule has 1 nitrogen and oxygen atoms in total. The molecule has 154 valence electrons. The first-order valence-electron chi connectivity index (χ1n) is 5.77. The Morgan fingerprint density at radius 2 is 0.654 bits per heavy atom. The maximum absolute atomic E-state index is 14.1. The highest BCUT2D eigenvalue weighted by Crippen LogP contribution is 2.75. The van der Waals surface area contributed by atoms with E-state index in [1.165, 1.54) is 0 Å². The van der Waals surface area contributed by atoms with Gasteiger partial charge in [0.05, 0.1) is 0 Å². The van der Waals surface area contributed by atoms with Crippen molar-refractivity contribution in [3.63, 3.8) is 0 Å². The van der Waals surface area contributed by atoms with Crippen LogP contribution in [0.3, 0.4) is 0 Å². The van der Waals surface area contributed by atoms with Crippen LogP contribution in [0.15, 0.2) is 0 Å². The molecule has 0 radical (unpaired) electrons. The molecule has 2 fully saturated rings. The molecule has 2 aliphatic rings. The maximum atomic E-state index is 14.1. The molecule has 2 atom stereocenters. The van der Waals surface area contributed by atoms with Crippen LogP contribution in [0.1, 0.15) is 0 Å². The van der Waals surface area contributed by atoms with Crippen LogP contribution in [-0.2, 0) is 0 Å². The number of piperidine rings is 1. The summed E-state index contributed by atoms with van der Waals surface area (Å²) in [7, 11) is 0. The van der Waals surface area contributed by atoms with E-state index in [0.717, 1.165) is 0 Å². The fraction of sp³-hybridized carbons (Fsp3) is 1.00. The third-order valence-corrected chi connectivity index (χ3v) is 4.07. The van der Waals surface area contributed by atoms with Gasteiger partial charge in [-0.1, -0.05) is 0 Å². The van der Waals surface area contributed by atoms with Crippen LogP contribution in [-0.4, -0.2) is 53.0 Å². The average molecular weight is 427 g/mol. The van der Waals surface area contributed by atoms with Crippen LogP contribution in [0.25, 0.3) is 0 Å². The normalized spacial score (nSPS) is 43.4. The molecule has 0 bridgehead atoms. The fourth-order valence-electron chi connectivity index (χ4n) is 2.55. The Morgan fingerprint density at radius 3 is 1.04 bits per heavy atom. The number of nitrogens with one attached hydrogen (secondary N) is 1.